The summed E-state index contributed by atoms with van der Waals surface area (Å²) < 4.78 is 34.0. The second-order valence-electron chi connectivity index (χ2n) is 8.52. The number of aryl methyl sites for hydroxylation is 2. The third kappa shape index (κ3) is 5.26. The number of aromatic nitrogens is 5. The number of carbonyl (C=O) groups is 2. The smallest absolute Gasteiger partial charge is 0.475 e. The van der Waals surface area contributed by atoms with Crippen molar-refractivity contribution in [2.24, 2.45) is 0 Å². The first-order valence-electron chi connectivity index (χ1n) is 11.2. The van der Waals surface area contributed by atoms with Gasteiger partial charge in [0, 0.05) is 22.7 Å². The molecule has 1 amide bonds. The number of imidazole rings is 1. The van der Waals surface area contributed by atoms with Crippen LogP contribution in [-0.2, 0) is 4.79 Å². The minimum atomic E-state index is -5.08. The molecule has 0 unspecified atom stereocenters. The standard InChI is InChI=1S/C22H22N6O.C2HF3O2/c1-13-7-9-16(12-23-13)25-22(29)15-8-10-19-18(11-15)20-21(27-26-19)24-14(2)28(20)17-5-3-4-6-17;3-2(4,5)1(6)7/h7-12,17H,3-6H2,1-2H3,(H,25,29);(H,6,7). The molecule has 9 nitrogen and oxygen atoms in total. The molecule has 3 aromatic heterocycles. The fourth-order valence-electron chi connectivity index (χ4n) is 4.26. The number of hydrogen-bond acceptors (Lipinski definition) is 6. The van der Waals surface area contributed by atoms with Crippen molar-refractivity contribution in [2.45, 2.75) is 51.7 Å². The van der Waals surface area contributed by atoms with Gasteiger partial charge in [-0.2, -0.15) is 13.2 Å². The Balaban J connectivity index is 0.000000384. The first-order valence-corrected chi connectivity index (χ1v) is 11.2. The number of aliphatic carboxylic acids is 1. The normalized spacial score (nSPS) is 14.0. The first-order chi connectivity index (χ1) is 17.0. The zero-order valence-electron chi connectivity index (χ0n) is 19.5. The first kappa shape index (κ1) is 25.0. The number of amides is 1. The topological polar surface area (TPSA) is 123 Å². The molecule has 1 aliphatic rings. The summed E-state index contributed by atoms with van der Waals surface area (Å²) in [5.74, 6) is -1.98. The zero-order valence-corrected chi connectivity index (χ0v) is 19.5. The maximum atomic E-state index is 12.8. The van der Waals surface area contributed by atoms with Crippen molar-refractivity contribution in [1.29, 1.82) is 0 Å². The van der Waals surface area contributed by atoms with Gasteiger partial charge in [-0.25, -0.2) is 9.78 Å². The van der Waals surface area contributed by atoms with E-state index in [0.29, 0.717) is 22.9 Å². The van der Waals surface area contributed by atoms with E-state index < -0.39 is 12.1 Å². The van der Waals surface area contributed by atoms with Gasteiger partial charge in [-0.1, -0.05) is 12.8 Å². The van der Waals surface area contributed by atoms with Gasteiger partial charge in [-0.05, 0) is 57.0 Å². The predicted molar refractivity (Wildman–Crippen MR) is 126 cm³/mol. The third-order valence-electron chi connectivity index (χ3n) is 5.94. The minimum absolute atomic E-state index is 0.175. The number of rotatable bonds is 3. The monoisotopic (exact) mass is 500 g/mol. The molecule has 3 heterocycles. The van der Waals surface area contributed by atoms with E-state index in [0.717, 1.165) is 40.8 Å². The van der Waals surface area contributed by atoms with E-state index in [9.17, 15) is 18.0 Å². The van der Waals surface area contributed by atoms with Crippen LogP contribution in [0.4, 0.5) is 18.9 Å². The molecule has 1 fully saturated rings. The number of nitrogens with zero attached hydrogens (tertiary/aromatic N) is 5. The van der Waals surface area contributed by atoms with Gasteiger partial charge >= 0.3 is 12.1 Å². The molecule has 0 bridgehead atoms. The van der Waals surface area contributed by atoms with E-state index in [-0.39, 0.29) is 5.91 Å². The van der Waals surface area contributed by atoms with Crippen molar-refractivity contribution in [3.63, 3.8) is 0 Å². The average Bonchev–Trinajstić information content (AvgIpc) is 3.47. The maximum Gasteiger partial charge on any atom is 0.490 e. The Labute approximate surface area is 203 Å². The van der Waals surface area contributed by atoms with E-state index >= 15 is 0 Å². The summed E-state index contributed by atoms with van der Waals surface area (Å²) in [6.07, 6.45) is 1.35. The van der Waals surface area contributed by atoms with E-state index in [2.05, 4.69) is 30.0 Å². The van der Waals surface area contributed by atoms with Crippen LogP contribution in [0.2, 0.25) is 0 Å². The summed E-state index contributed by atoms with van der Waals surface area (Å²) in [6.45, 7) is 3.93. The number of fused-ring (bicyclic) bond motifs is 3. The lowest BCUT2D eigenvalue weighted by Gasteiger charge is -2.15. The van der Waals surface area contributed by atoms with Gasteiger partial charge in [0.25, 0.3) is 5.91 Å². The van der Waals surface area contributed by atoms with E-state index in [1.807, 2.05) is 38.1 Å². The van der Waals surface area contributed by atoms with E-state index in [1.54, 1.807) is 12.3 Å². The highest BCUT2D eigenvalue weighted by Gasteiger charge is 2.38. The number of hydrogen-bond donors (Lipinski definition) is 2. The van der Waals surface area contributed by atoms with Crippen LogP contribution in [0.5, 0.6) is 0 Å². The fourth-order valence-corrected chi connectivity index (χ4v) is 4.26. The summed E-state index contributed by atoms with van der Waals surface area (Å²) in [4.78, 5) is 30.6. The van der Waals surface area contributed by atoms with Gasteiger partial charge in [0.15, 0.2) is 0 Å². The van der Waals surface area contributed by atoms with Crippen molar-refractivity contribution >= 4 is 39.6 Å². The Bertz CT molecular complexity index is 1430. The molecule has 5 rings (SSSR count). The van der Waals surface area contributed by atoms with Crippen LogP contribution in [0.1, 0.15) is 53.6 Å². The lowest BCUT2D eigenvalue weighted by atomic mass is 10.1. The molecule has 0 saturated heterocycles. The fraction of sp³-hybridized carbons (Fsp3) is 0.333. The van der Waals surface area contributed by atoms with Crippen LogP contribution in [0, 0.1) is 13.8 Å². The summed E-state index contributed by atoms with van der Waals surface area (Å²) in [7, 11) is 0. The number of benzene rings is 1. The number of nitrogens with one attached hydrogen (secondary N) is 1. The van der Waals surface area contributed by atoms with Crippen molar-refractivity contribution in [3.8, 4) is 0 Å². The number of carboxylic acids is 1. The van der Waals surface area contributed by atoms with Crippen LogP contribution in [0.25, 0.3) is 22.1 Å². The molecule has 12 heteroatoms. The van der Waals surface area contributed by atoms with Crippen molar-refractivity contribution in [3.05, 3.63) is 53.6 Å². The molecule has 1 aliphatic carbocycles. The van der Waals surface area contributed by atoms with Crippen LogP contribution in [0.15, 0.2) is 36.5 Å². The highest BCUT2D eigenvalue weighted by molar-refractivity contribution is 6.09. The largest absolute Gasteiger partial charge is 0.490 e. The Morgan fingerprint density at radius 3 is 2.39 bits per heavy atom. The second kappa shape index (κ2) is 9.88. The molecular formula is C24H23F3N6O3. The van der Waals surface area contributed by atoms with Crippen molar-refractivity contribution in [1.82, 2.24) is 24.7 Å². The Hall–Kier alpha value is -4.09. The molecule has 0 spiro atoms. The van der Waals surface area contributed by atoms with Crippen molar-refractivity contribution in [2.75, 3.05) is 5.32 Å². The molecule has 1 aromatic carbocycles. The molecule has 2 N–H and O–H groups in total. The van der Waals surface area contributed by atoms with Crippen LogP contribution in [0.3, 0.4) is 0 Å². The highest BCUT2D eigenvalue weighted by atomic mass is 19.4. The number of anilines is 1. The maximum absolute atomic E-state index is 12.8. The van der Waals surface area contributed by atoms with Crippen LogP contribution >= 0.6 is 0 Å². The lowest BCUT2D eigenvalue weighted by molar-refractivity contribution is -0.192. The minimum Gasteiger partial charge on any atom is -0.475 e. The van der Waals surface area contributed by atoms with Crippen LogP contribution in [-0.4, -0.2) is 47.9 Å². The number of pyridine rings is 1. The Morgan fingerprint density at radius 1 is 1.08 bits per heavy atom. The van der Waals surface area contributed by atoms with Gasteiger partial charge in [0.1, 0.15) is 5.82 Å². The molecule has 4 aromatic rings. The molecule has 188 valence electrons. The number of carbonyl (C=O) groups excluding carboxylic acids is 1. The Kier molecular flexibility index (Phi) is 6.86. The van der Waals surface area contributed by atoms with Gasteiger partial charge in [-0.15, -0.1) is 10.2 Å². The lowest BCUT2D eigenvalue weighted by Crippen LogP contribution is -2.21. The number of halogens is 3. The van der Waals surface area contributed by atoms with Gasteiger partial charge in [-0.3, -0.25) is 9.78 Å². The predicted octanol–water partition coefficient (Wildman–Crippen LogP) is 4.99. The zero-order chi connectivity index (χ0) is 26.0. The van der Waals surface area contributed by atoms with Gasteiger partial charge < -0.3 is 15.0 Å². The summed E-state index contributed by atoms with van der Waals surface area (Å²) in [6, 6.07) is 9.69. The van der Waals surface area contributed by atoms with Gasteiger partial charge in [0.05, 0.1) is 22.9 Å². The summed E-state index contributed by atoms with van der Waals surface area (Å²) >= 11 is 0. The molecule has 1 saturated carbocycles. The average molecular weight is 500 g/mol. The number of alkyl halides is 3. The van der Waals surface area contributed by atoms with Gasteiger partial charge in [0.2, 0.25) is 5.65 Å². The van der Waals surface area contributed by atoms with E-state index in [1.165, 1.54) is 12.8 Å². The summed E-state index contributed by atoms with van der Waals surface area (Å²) in [5.41, 5.74) is 4.54. The number of carboxylic acid groups (broad SMARTS) is 1. The SMILES string of the molecule is Cc1ccc(NC(=O)c2ccc3nnc4nc(C)n(C5CCCC5)c4c3c2)cn1.O=C(O)C(F)(F)F. The highest BCUT2D eigenvalue weighted by Crippen LogP contribution is 2.35. The molecule has 36 heavy (non-hydrogen) atoms. The molecule has 0 atom stereocenters. The van der Waals surface area contributed by atoms with Crippen molar-refractivity contribution < 1.29 is 27.9 Å². The molecular weight excluding hydrogens is 477 g/mol. The quantitative estimate of drug-likeness (QED) is 0.406. The molecule has 0 radical (unpaired) electrons. The Morgan fingerprint density at radius 2 is 1.78 bits per heavy atom. The second-order valence-corrected chi connectivity index (χ2v) is 8.52. The van der Waals surface area contributed by atoms with E-state index in [4.69, 9.17) is 9.90 Å². The molecule has 0 aliphatic heterocycles. The summed E-state index contributed by atoms with van der Waals surface area (Å²) in [5, 5.41) is 19.6. The van der Waals surface area contributed by atoms with Crippen LogP contribution < -0.4 is 5.32 Å². The third-order valence-corrected chi connectivity index (χ3v) is 5.94.